The maximum absolute atomic E-state index is 11.2. The minimum Gasteiger partial charge on any atom is -0.396 e. The molecule has 0 saturated heterocycles. The Balaban J connectivity index is 2.41. The van der Waals surface area contributed by atoms with Crippen molar-refractivity contribution < 1.29 is 4.79 Å². The Bertz CT molecular complexity index is 641. The summed E-state index contributed by atoms with van der Waals surface area (Å²) in [5.74, 6) is -0.552. The van der Waals surface area contributed by atoms with Crippen LogP contribution in [0.25, 0.3) is 0 Å². The zero-order valence-electron chi connectivity index (χ0n) is 10.4. The first-order chi connectivity index (χ1) is 8.99. The van der Waals surface area contributed by atoms with Crippen molar-refractivity contribution in [2.75, 3.05) is 11.1 Å². The van der Waals surface area contributed by atoms with Gasteiger partial charge in [-0.1, -0.05) is 23.7 Å². The molecule has 5 N–H and O–H groups in total. The summed E-state index contributed by atoms with van der Waals surface area (Å²) in [4.78, 5) is 11.2. The molecule has 0 heterocycles. The van der Waals surface area contributed by atoms with E-state index in [4.69, 9.17) is 23.1 Å². The lowest BCUT2D eigenvalue weighted by atomic mass is 10.1. The van der Waals surface area contributed by atoms with Crippen LogP contribution in [0.3, 0.4) is 0 Å². The third-order valence-electron chi connectivity index (χ3n) is 2.84. The number of nitrogens with two attached hydrogens (primary N) is 2. The quantitative estimate of drug-likeness (QED) is 0.753. The highest BCUT2D eigenvalue weighted by Gasteiger charge is 2.10. The molecule has 4 nitrogen and oxygen atoms in total. The van der Waals surface area contributed by atoms with E-state index in [0.29, 0.717) is 22.0 Å². The number of para-hydroxylation sites is 1. The lowest BCUT2D eigenvalue weighted by Gasteiger charge is -2.13. The second-order valence-electron chi connectivity index (χ2n) is 4.22. The third-order valence-corrected chi connectivity index (χ3v) is 3.08. The van der Waals surface area contributed by atoms with Crippen molar-refractivity contribution in [3.63, 3.8) is 0 Å². The molecule has 98 valence electrons. The molecule has 1 amide bonds. The van der Waals surface area contributed by atoms with E-state index in [0.717, 1.165) is 11.3 Å². The number of hydrogen-bond donors (Lipinski definition) is 3. The van der Waals surface area contributed by atoms with Gasteiger partial charge in [0.1, 0.15) is 0 Å². The molecule has 0 aliphatic rings. The summed E-state index contributed by atoms with van der Waals surface area (Å²) in [6.07, 6.45) is 0. The number of aryl methyl sites for hydroxylation is 1. The summed E-state index contributed by atoms with van der Waals surface area (Å²) in [5.41, 5.74) is 14.3. The fourth-order valence-corrected chi connectivity index (χ4v) is 1.94. The normalized spacial score (nSPS) is 10.2. The molecule has 0 fully saturated rings. The van der Waals surface area contributed by atoms with Crippen molar-refractivity contribution in [1.29, 1.82) is 0 Å². The summed E-state index contributed by atoms with van der Waals surface area (Å²) in [7, 11) is 0. The Morgan fingerprint density at radius 2 is 1.95 bits per heavy atom. The van der Waals surface area contributed by atoms with E-state index in [1.54, 1.807) is 24.3 Å². The number of halogens is 1. The van der Waals surface area contributed by atoms with Gasteiger partial charge in [0, 0.05) is 10.7 Å². The molecule has 0 atom stereocenters. The monoisotopic (exact) mass is 275 g/mol. The SMILES string of the molecule is Cc1ccc(Cl)cc1Nc1cccc(C(N)=O)c1N. The predicted molar refractivity (Wildman–Crippen MR) is 78.8 cm³/mol. The largest absolute Gasteiger partial charge is 0.396 e. The van der Waals surface area contributed by atoms with Crippen molar-refractivity contribution in [2.45, 2.75) is 6.92 Å². The van der Waals surface area contributed by atoms with Gasteiger partial charge >= 0.3 is 0 Å². The summed E-state index contributed by atoms with van der Waals surface area (Å²) in [6.45, 7) is 1.95. The molecule has 2 aromatic rings. The number of hydrogen-bond acceptors (Lipinski definition) is 3. The summed E-state index contributed by atoms with van der Waals surface area (Å²) in [5, 5.41) is 3.78. The van der Waals surface area contributed by atoms with Gasteiger partial charge in [-0.3, -0.25) is 4.79 Å². The van der Waals surface area contributed by atoms with Crippen LogP contribution in [-0.2, 0) is 0 Å². The number of rotatable bonds is 3. The number of carbonyl (C=O) groups is 1. The fourth-order valence-electron chi connectivity index (χ4n) is 1.76. The number of benzene rings is 2. The van der Waals surface area contributed by atoms with E-state index < -0.39 is 5.91 Å². The van der Waals surface area contributed by atoms with Crippen molar-refractivity contribution in [3.05, 3.63) is 52.5 Å². The third kappa shape index (κ3) is 2.80. The maximum atomic E-state index is 11.2. The molecule has 0 bridgehead atoms. The smallest absolute Gasteiger partial charge is 0.250 e. The molecule has 0 saturated carbocycles. The van der Waals surface area contributed by atoms with E-state index in [2.05, 4.69) is 5.32 Å². The maximum Gasteiger partial charge on any atom is 0.250 e. The van der Waals surface area contributed by atoms with Crippen LogP contribution in [0.5, 0.6) is 0 Å². The van der Waals surface area contributed by atoms with Crippen LogP contribution in [0, 0.1) is 6.92 Å². The second-order valence-corrected chi connectivity index (χ2v) is 4.65. The highest BCUT2D eigenvalue weighted by Crippen LogP contribution is 2.29. The van der Waals surface area contributed by atoms with Gasteiger partial charge in [-0.2, -0.15) is 0 Å². The van der Waals surface area contributed by atoms with Crippen molar-refractivity contribution in [2.24, 2.45) is 5.73 Å². The van der Waals surface area contributed by atoms with Gasteiger partial charge in [-0.15, -0.1) is 0 Å². The Morgan fingerprint density at radius 1 is 1.21 bits per heavy atom. The van der Waals surface area contributed by atoms with Gasteiger partial charge in [0.15, 0.2) is 0 Å². The van der Waals surface area contributed by atoms with Gasteiger partial charge in [0.2, 0.25) is 0 Å². The molecule has 19 heavy (non-hydrogen) atoms. The highest BCUT2D eigenvalue weighted by molar-refractivity contribution is 6.30. The van der Waals surface area contributed by atoms with Crippen LogP contribution in [-0.4, -0.2) is 5.91 Å². The summed E-state index contributed by atoms with van der Waals surface area (Å²) < 4.78 is 0. The molecule has 0 aliphatic carbocycles. The molecule has 2 aromatic carbocycles. The Kier molecular flexibility index (Phi) is 3.62. The molecule has 5 heteroatoms. The fraction of sp³-hybridized carbons (Fsp3) is 0.0714. The van der Waals surface area contributed by atoms with E-state index >= 15 is 0 Å². The molecular formula is C14H14ClN3O. The Labute approximate surface area is 116 Å². The molecule has 0 spiro atoms. The molecule has 0 unspecified atom stereocenters. The second kappa shape index (κ2) is 5.20. The minimum absolute atomic E-state index is 0.296. The summed E-state index contributed by atoms with van der Waals surface area (Å²) >= 11 is 5.96. The lowest BCUT2D eigenvalue weighted by Crippen LogP contribution is -2.14. The van der Waals surface area contributed by atoms with Crippen LogP contribution < -0.4 is 16.8 Å². The first-order valence-electron chi connectivity index (χ1n) is 5.70. The van der Waals surface area contributed by atoms with Crippen molar-refractivity contribution in [1.82, 2.24) is 0 Å². The highest BCUT2D eigenvalue weighted by atomic mass is 35.5. The first kappa shape index (κ1) is 13.2. The number of amides is 1. The topological polar surface area (TPSA) is 81.1 Å². The van der Waals surface area contributed by atoms with Gasteiger partial charge in [0.25, 0.3) is 5.91 Å². The zero-order valence-corrected chi connectivity index (χ0v) is 11.2. The van der Waals surface area contributed by atoms with Crippen molar-refractivity contribution in [3.8, 4) is 0 Å². The predicted octanol–water partition coefficient (Wildman–Crippen LogP) is 3.07. The van der Waals surface area contributed by atoms with E-state index in [-0.39, 0.29) is 0 Å². The van der Waals surface area contributed by atoms with Crippen LogP contribution in [0.1, 0.15) is 15.9 Å². The molecule has 0 aromatic heterocycles. The van der Waals surface area contributed by atoms with Crippen molar-refractivity contribution >= 4 is 34.6 Å². The molecular weight excluding hydrogens is 262 g/mol. The van der Waals surface area contributed by atoms with Gasteiger partial charge < -0.3 is 16.8 Å². The zero-order chi connectivity index (χ0) is 14.0. The van der Waals surface area contributed by atoms with E-state index in [1.165, 1.54) is 0 Å². The number of nitrogens with one attached hydrogen (secondary N) is 1. The standard InChI is InChI=1S/C14H14ClN3O/c1-8-5-6-9(15)7-12(8)18-11-4-2-3-10(13(11)16)14(17)19/h2-7,18H,16H2,1H3,(H2,17,19). The average molecular weight is 276 g/mol. The average Bonchev–Trinajstić information content (AvgIpc) is 2.36. The molecule has 0 aliphatic heterocycles. The van der Waals surface area contributed by atoms with Gasteiger partial charge in [-0.05, 0) is 36.8 Å². The van der Waals surface area contributed by atoms with Gasteiger partial charge in [-0.25, -0.2) is 0 Å². The van der Waals surface area contributed by atoms with E-state index in [1.807, 2.05) is 19.1 Å². The number of anilines is 3. The Hall–Kier alpha value is -2.20. The molecule has 0 radical (unpaired) electrons. The van der Waals surface area contributed by atoms with Crippen LogP contribution in [0.15, 0.2) is 36.4 Å². The number of carbonyl (C=O) groups excluding carboxylic acids is 1. The van der Waals surface area contributed by atoms with E-state index in [9.17, 15) is 4.79 Å². The minimum atomic E-state index is -0.552. The van der Waals surface area contributed by atoms with Crippen LogP contribution >= 0.6 is 11.6 Å². The van der Waals surface area contributed by atoms with Gasteiger partial charge in [0.05, 0.1) is 16.9 Å². The first-order valence-corrected chi connectivity index (χ1v) is 6.08. The number of primary amides is 1. The van der Waals surface area contributed by atoms with Crippen LogP contribution in [0.2, 0.25) is 5.02 Å². The lowest BCUT2D eigenvalue weighted by molar-refractivity contribution is 0.100. The van der Waals surface area contributed by atoms with Crippen LogP contribution in [0.4, 0.5) is 17.1 Å². The summed E-state index contributed by atoms with van der Waals surface area (Å²) in [6, 6.07) is 10.6. The number of nitrogen functional groups attached to an aromatic ring is 1. The molecule has 2 rings (SSSR count). The Morgan fingerprint density at radius 3 is 2.63 bits per heavy atom.